The Labute approximate surface area is 106 Å². The number of ether oxygens (including phenoxy) is 1. The molecule has 0 fully saturated rings. The topological polar surface area (TPSA) is 38.3 Å². The van der Waals surface area contributed by atoms with Gasteiger partial charge in [-0.15, -0.1) is 0 Å². The second-order valence-electron chi connectivity index (χ2n) is 2.59. The van der Waals surface area contributed by atoms with Gasteiger partial charge < -0.3 is 4.74 Å². The van der Waals surface area contributed by atoms with Crippen molar-refractivity contribution in [2.45, 2.75) is 6.92 Å². The molecule has 6 heteroatoms. The third-order valence-electron chi connectivity index (χ3n) is 1.51. The number of hydrogen-bond donors (Lipinski definition) is 1. The first kappa shape index (κ1) is 12.6. The molecule has 3 nitrogen and oxygen atoms in total. The maximum absolute atomic E-state index is 11.1. The zero-order chi connectivity index (χ0) is 11.4. The number of carbonyl (C=O) groups excluding carboxylic acids is 1. The molecule has 0 aliphatic heterocycles. The van der Waals surface area contributed by atoms with Crippen molar-refractivity contribution in [3.63, 3.8) is 0 Å². The summed E-state index contributed by atoms with van der Waals surface area (Å²) >= 11 is 15.0. The van der Waals surface area contributed by atoms with Crippen LogP contribution in [0.2, 0.25) is 10.0 Å². The molecule has 15 heavy (non-hydrogen) atoms. The van der Waals surface area contributed by atoms with Crippen LogP contribution in [0.5, 0.6) is 0 Å². The summed E-state index contributed by atoms with van der Waals surface area (Å²) in [5, 5.41) is 3.16. The third kappa shape index (κ3) is 3.55. The molecule has 0 aliphatic carbocycles. The van der Waals surface area contributed by atoms with E-state index in [1.165, 1.54) is 0 Å². The van der Waals surface area contributed by atoms with Crippen LogP contribution in [0.4, 0.5) is 10.5 Å². The summed E-state index contributed by atoms with van der Waals surface area (Å²) in [6.07, 6.45) is -0.580. The highest BCUT2D eigenvalue weighted by atomic mass is 79.9. The second kappa shape index (κ2) is 5.58. The SMILES string of the molecule is CCOC(=O)Nc1c(Cl)cc(Br)cc1Cl. The highest BCUT2D eigenvalue weighted by Gasteiger charge is 2.11. The standard InChI is InChI=1S/C9H8BrCl2NO2/c1-2-15-9(14)13-8-6(11)3-5(10)4-7(8)12/h3-4H,2H2,1H3,(H,13,14). The van der Waals surface area contributed by atoms with Crippen LogP contribution >= 0.6 is 39.1 Å². The predicted molar refractivity (Wildman–Crippen MR) is 64.8 cm³/mol. The molecular formula is C9H8BrCl2NO2. The number of halogens is 3. The van der Waals surface area contributed by atoms with Gasteiger partial charge in [-0.3, -0.25) is 5.32 Å². The molecular weight excluding hydrogens is 305 g/mol. The first-order valence-electron chi connectivity index (χ1n) is 4.13. The molecule has 82 valence electrons. The Hall–Kier alpha value is -0.450. The third-order valence-corrected chi connectivity index (χ3v) is 2.56. The van der Waals surface area contributed by atoms with E-state index in [0.717, 1.165) is 4.47 Å². The first-order chi connectivity index (χ1) is 7.04. The summed E-state index contributed by atoms with van der Waals surface area (Å²) in [7, 11) is 0. The highest BCUT2D eigenvalue weighted by Crippen LogP contribution is 2.33. The van der Waals surface area contributed by atoms with Gasteiger partial charge in [-0.1, -0.05) is 39.1 Å². The van der Waals surface area contributed by atoms with E-state index >= 15 is 0 Å². The highest BCUT2D eigenvalue weighted by molar-refractivity contribution is 9.10. The van der Waals surface area contributed by atoms with Crippen molar-refractivity contribution in [2.24, 2.45) is 0 Å². The summed E-state index contributed by atoms with van der Waals surface area (Å²) in [5.74, 6) is 0. The Kier molecular flexibility index (Phi) is 4.70. The normalized spacial score (nSPS) is 9.87. The van der Waals surface area contributed by atoms with Crippen LogP contribution < -0.4 is 5.32 Å². The maximum Gasteiger partial charge on any atom is 0.411 e. The van der Waals surface area contributed by atoms with Crippen LogP contribution in [0.1, 0.15) is 6.92 Å². The fourth-order valence-electron chi connectivity index (χ4n) is 0.931. The smallest absolute Gasteiger partial charge is 0.411 e. The minimum atomic E-state index is -0.580. The Morgan fingerprint density at radius 2 is 2.00 bits per heavy atom. The predicted octanol–water partition coefficient (Wildman–Crippen LogP) is 4.32. The van der Waals surface area contributed by atoms with E-state index in [-0.39, 0.29) is 6.61 Å². The van der Waals surface area contributed by atoms with E-state index in [1.54, 1.807) is 19.1 Å². The number of benzene rings is 1. The summed E-state index contributed by atoms with van der Waals surface area (Å²) in [6, 6.07) is 3.27. The van der Waals surface area contributed by atoms with Gasteiger partial charge in [-0.25, -0.2) is 4.79 Å². The molecule has 1 rings (SSSR count). The zero-order valence-electron chi connectivity index (χ0n) is 7.81. The number of anilines is 1. The van der Waals surface area contributed by atoms with E-state index in [9.17, 15) is 4.79 Å². The molecule has 0 radical (unpaired) electrons. The van der Waals surface area contributed by atoms with Gasteiger partial charge in [0.05, 0.1) is 22.3 Å². The van der Waals surface area contributed by atoms with Crippen molar-refractivity contribution < 1.29 is 9.53 Å². The average Bonchev–Trinajstić information content (AvgIpc) is 2.11. The lowest BCUT2D eigenvalue weighted by Crippen LogP contribution is -2.13. The largest absolute Gasteiger partial charge is 0.450 e. The van der Waals surface area contributed by atoms with Gasteiger partial charge >= 0.3 is 6.09 Å². The van der Waals surface area contributed by atoms with Crippen molar-refractivity contribution in [3.8, 4) is 0 Å². The van der Waals surface area contributed by atoms with Crippen molar-refractivity contribution in [3.05, 3.63) is 26.7 Å². The number of nitrogens with one attached hydrogen (secondary N) is 1. The number of rotatable bonds is 2. The molecule has 0 aliphatic rings. The Balaban J connectivity index is 2.90. The van der Waals surface area contributed by atoms with Crippen molar-refractivity contribution in [1.29, 1.82) is 0 Å². The van der Waals surface area contributed by atoms with Gasteiger partial charge in [0.1, 0.15) is 0 Å². The molecule has 1 aromatic carbocycles. The van der Waals surface area contributed by atoms with Crippen LogP contribution in [0.25, 0.3) is 0 Å². The van der Waals surface area contributed by atoms with Crippen molar-refractivity contribution in [2.75, 3.05) is 11.9 Å². The molecule has 0 bridgehead atoms. The molecule has 1 N–H and O–H groups in total. The van der Waals surface area contributed by atoms with Crippen molar-refractivity contribution >= 4 is 50.9 Å². The lowest BCUT2D eigenvalue weighted by molar-refractivity contribution is 0.168. The first-order valence-corrected chi connectivity index (χ1v) is 5.67. The zero-order valence-corrected chi connectivity index (χ0v) is 10.9. The Morgan fingerprint density at radius 1 is 1.47 bits per heavy atom. The maximum atomic E-state index is 11.1. The minimum Gasteiger partial charge on any atom is -0.450 e. The molecule has 1 amide bonds. The fourth-order valence-corrected chi connectivity index (χ4v) is 2.23. The molecule has 0 saturated carbocycles. The molecule has 0 spiro atoms. The van der Waals surface area contributed by atoms with Gasteiger partial charge in [0.2, 0.25) is 0 Å². The van der Waals surface area contributed by atoms with Crippen LogP contribution in [-0.4, -0.2) is 12.7 Å². The van der Waals surface area contributed by atoms with Crippen LogP contribution in [0.15, 0.2) is 16.6 Å². The molecule has 0 heterocycles. The summed E-state index contributed by atoms with van der Waals surface area (Å²) in [4.78, 5) is 11.1. The molecule has 0 atom stereocenters. The van der Waals surface area contributed by atoms with Gasteiger partial charge in [-0.2, -0.15) is 0 Å². The average molecular weight is 313 g/mol. The quantitative estimate of drug-likeness (QED) is 0.883. The van der Waals surface area contributed by atoms with Gasteiger partial charge in [0.15, 0.2) is 0 Å². The lowest BCUT2D eigenvalue weighted by Gasteiger charge is -2.09. The van der Waals surface area contributed by atoms with Crippen molar-refractivity contribution in [1.82, 2.24) is 0 Å². The lowest BCUT2D eigenvalue weighted by atomic mass is 10.3. The second-order valence-corrected chi connectivity index (χ2v) is 4.32. The fraction of sp³-hybridized carbons (Fsp3) is 0.222. The summed E-state index contributed by atoms with van der Waals surface area (Å²) in [6.45, 7) is 2.00. The van der Waals surface area contributed by atoms with Crippen LogP contribution in [0, 0.1) is 0 Å². The molecule has 0 unspecified atom stereocenters. The molecule has 0 aromatic heterocycles. The van der Waals surface area contributed by atoms with E-state index in [1.807, 2.05) is 0 Å². The minimum absolute atomic E-state index is 0.289. The number of hydrogen-bond acceptors (Lipinski definition) is 2. The number of amides is 1. The molecule has 0 saturated heterocycles. The van der Waals surface area contributed by atoms with Gasteiger partial charge in [0.25, 0.3) is 0 Å². The van der Waals surface area contributed by atoms with Crippen LogP contribution in [-0.2, 0) is 4.74 Å². The van der Waals surface area contributed by atoms with E-state index < -0.39 is 6.09 Å². The van der Waals surface area contributed by atoms with E-state index in [0.29, 0.717) is 15.7 Å². The summed E-state index contributed by atoms with van der Waals surface area (Å²) < 4.78 is 5.45. The van der Waals surface area contributed by atoms with Gasteiger partial charge in [0, 0.05) is 4.47 Å². The molecule has 1 aromatic rings. The Bertz CT molecular complexity index is 361. The number of carbonyl (C=O) groups is 1. The van der Waals surface area contributed by atoms with E-state index in [4.69, 9.17) is 27.9 Å². The Morgan fingerprint density at radius 3 is 2.47 bits per heavy atom. The summed E-state index contributed by atoms with van der Waals surface area (Å²) in [5.41, 5.74) is 0.347. The monoisotopic (exact) mass is 311 g/mol. The van der Waals surface area contributed by atoms with Gasteiger partial charge in [-0.05, 0) is 19.1 Å². The van der Waals surface area contributed by atoms with E-state index in [2.05, 4.69) is 21.2 Å². The van der Waals surface area contributed by atoms with Crippen LogP contribution in [0.3, 0.4) is 0 Å².